The summed E-state index contributed by atoms with van der Waals surface area (Å²) in [6, 6.07) is 14.2. The van der Waals surface area contributed by atoms with Gasteiger partial charge in [0.05, 0.1) is 23.9 Å². The minimum Gasteiger partial charge on any atom is -0.481 e. The van der Waals surface area contributed by atoms with Crippen molar-refractivity contribution in [1.82, 2.24) is 15.6 Å². The minimum absolute atomic E-state index is 0.0196. The van der Waals surface area contributed by atoms with Gasteiger partial charge < -0.3 is 26.3 Å². The van der Waals surface area contributed by atoms with E-state index in [1.54, 1.807) is 54.6 Å². The quantitative estimate of drug-likeness (QED) is 0.174. The monoisotopic (exact) mass is 561 g/mol. The predicted molar refractivity (Wildman–Crippen MR) is 146 cm³/mol. The molecule has 1 aliphatic heterocycles. The van der Waals surface area contributed by atoms with Crippen LogP contribution in [0.4, 0.5) is 10.8 Å². The van der Waals surface area contributed by atoms with Crippen LogP contribution in [-0.4, -0.2) is 70.2 Å². The molecule has 3 aromatic rings. The maximum absolute atomic E-state index is 13.8. The van der Waals surface area contributed by atoms with Crippen LogP contribution in [0.3, 0.4) is 0 Å². The van der Waals surface area contributed by atoms with Crippen LogP contribution >= 0.6 is 11.3 Å². The highest BCUT2D eigenvalue weighted by Crippen LogP contribution is 2.28. The molecule has 0 bridgehead atoms. The number of amides is 3. The standard InChI is InChI=1S/C26H23N7O6S/c27-21(17-13-40-26(28)30-17)24(38)32-23-25(39)33(11-19(35)29-15(12-34)10-20(36)37)18-9-5-4-8-16(18)22(31-23)14-6-2-1-3-7-14/h1-9,12-13,15,23,27H,10-11H2,(H2,28,30)(H,29,35)(H,32,38)(H,36,37). The van der Waals surface area contributed by atoms with E-state index < -0.39 is 54.6 Å². The molecule has 2 unspecified atom stereocenters. The lowest BCUT2D eigenvalue weighted by Crippen LogP contribution is -2.52. The molecule has 1 aromatic heterocycles. The molecule has 0 saturated heterocycles. The van der Waals surface area contributed by atoms with Gasteiger partial charge in [0.2, 0.25) is 12.1 Å². The first-order chi connectivity index (χ1) is 19.2. The van der Waals surface area contributed by atoms with Gasteiger partial charge in [0.1, 0.15) is 24.2 Å². The maximum atomic E-state index is 13.8. The fraction of sp³-hybridized carbons (Fsp3) is 0.154. The lowest BCUT2D eigenvalue weighted by Gasteiger charge is -2.25. The van der Waals surface area contributed by atoms with E-state index in [9.17, 15) is 24.0 Å². The molecule has 0 saturated carbocycles. The molecule has 2 heterocycles. The van der Waals surface area contributed by atoms with Crippen LogP contribution in [0.25, 0.3) is 0 Å². The number of nitrogen functional groups attached to an aromatic ring is 1. The number of rotatable bonds is 10. The number of carbonyl (C=O) groups excluding carboxylic acids is 4. The highest BCUT2D eigenvalue weighted by molar-refractivity contribution is 7.13. The summed E-state index contributed by atoms with van der Waals surface area (Å²) < 4.78 is 0. The number of para-hydroxylation sites is 1. The molecule has 2 aromatic carbocycles. The minimum atomic E-state index is -1.56. The van der Waals surface area contributed by atoms with Crippen LogP contribution in [0.15, 0.2) is 65.0 Å². The third kappa shape index (κ3) is 6.24. The number of fused-ring (bicyclic) bond motifs is 1. The van der Waals surface area contributed by atoms with Gasteiger partial charge >= 0.3 is 5.97 Å². The lowest BCUT2D eigenvalue weighted by atomic mass is 10.0. The van der Waals surface area contributed by atoms with Crippen LogP contribution in [-0.2, 0) is 24.0 Å². The Bertz CT molecular complexity index is 1520. The smallest absolute Gasteiger partial charge is 0.305 e. The van der Waals surface area contributed by atoms with E-state index in [1.165, 1.54) is 5.38 Å². The largest absolute Gasteiger partial charge is 0.481 e. The summed E-state index contributed by atoms with van der Waals surface area (Å²) in [5.41, 5.74) is 6.84. The summed E-state index contributed by atoms with van der Waals surface area (Å²) in [7, 11) is 0. The Labute approximate surface area is 231 Å². The molecule has 0 fully saturated rings. The van der Waals surface area contributed by atoms with E-state index in [1.807, 2.05) is 0 Å². The second-order valence-electron chi connectivity index (χ2n) is 8.52. The van der Waals surface area contributed by atoms with Gasteiger partial charge in [0, 0.05) is 16.5 Å². The number of aromatic nitrogens is 1. The fourth-order valence-electron chi connectivity index (χ4n) is 3.95. The van der Waals surface area contributed by atoms with Gasteiger partial charge in [-0.2, -0.15) is 0 Å². The number of anilines is 2. The second kappa shape index (κ2) is 12.1. The molecular weight excluding hydrogens is 538 g/mol. The number of thiazole rings is 1. The Hall–Kier alpha value is -5.24. The number of nitrogens with zero attached hydrogens (tertiary/aromatic N) is 3. The summed E-state index contributed by atoms with van der Waals surface area (Å²) in [4.78, 5) is 71.5. The van der Waals surface area contributed by atoms with Gasteiger partial charge in [-0.25, -0.2) is 9.98 Å². The number of benzene rings is 2. The summed E-state index contributed by atoms with van der Waals surface area (Å²) in [6.07, 6.45) is -1.90. The number of hydrogen-bond acceptors (Lipinski definition) is 10. The van der Waals surface area contributed by atoms with E-state index in [4.69, 9.17) is 16.2 Å². The number of benzodiazepines with no additional fused rings is 1. The Balaban J connectivity index is 1.72. The van der Waals surface area contributed by atoms with Crippen LogP contribution in [0, 0.1) is 5.41 Å². The normalized spacial score (nSPS) is 15.2. The molecule has 4 rings (SSSR count). The first-order valence-electron chi connectivity index (χ1n) is 11.8. The molecule has 14 heteroatoms. The zero-order chi connectivity index (χ0) is 28.8. The lowest BCUT2D eigenvalue weighted by molar-refractivity contribution is -0.138. The third-order valence-corrected chi connectivity index (χ3v) is 6.41. The van der Waals surface area contributed by atoms with Crippen molar-refractivity contribution in [2.24, 2.45) is 4.99 Å². The van der Waals surface area contributed by atoms with Gasteiger partial charge in [0.25, 0.3) is 11.8 Å². The number of hydrogen-bond donors (Lipinski definition) is 5. The molecule has 6 N–H and O–H groups in total. The molecule has 13 nitrogen and oxygen atoms in total. The number of carbonyl (C=O) groups is 5. The summed E-state index contributed by atoms with van der Waals surface area (Å²) in [6.45, 7) is -0.607. The number of carboxylic acids is 1. The van der Waals surface area contributed by atoms with E-state index in [0.29, 0.717) is 28.8 Å². The molecule has 3 amide bonds. The summed E-state index contributed by atoms with van der Waals surface area (Å²) in [5.74, 6) is -3.84. The maximum Gasteiger partial charge on any atom is 0.305 e. The molecule has 204 valence electrons. The number of aliphatic carboxylic acids is 1. The van der Waals surface area contributed by atoms with E-state index >= 15 is 0 Å². The highest BCUT2D eigenvalue weighted by Gasteiger charge is 2.35. The molecule has 1 aliphatic rings. The zero-order valence-corrected chi connectivity index (χ0v) is 21.6. The number of nitrogens with two attached hydrogens (primary N) is 1. The van der Waals surface area contributed by atoms with Gasteiger partial charge in [-0.3, -0.25) is 29.5 Å². The third-order valence-electron chi connectivity index (χ3n) is 5.74. The average molecular weight is 562 g/mol. The second-order valence-corrected chi connectivity index (χ2v) is 9.40. The van der Waals surface area contributed by atoms with Crippen molar-refractivity contribution in [2.75, 3.05) is 17.2 Å². The topological polar surface area (TPSA) is 208 Å². The average Bonchev–Trinajstić information content (AvgIpc) is 3.34. The SMILES string of the molecule is N=C(C(=O)NC1N=C(c2ccccc2)c2ccccc2N(CC(=O)NC(C=O)CC(=O)O)C1=O)c1csc(N)n1. The van der Waals surface area contributed by atoms with Gasteiger partial charge in [-0.15, -0.1) is 11.3 Å². The number of aldehydes is 1. The van der Waals surface area contributed by atoms with Crippen molar-refractivity contribution < 1.29 is 29.1 Å². The van der Waals surface area contributed by atoms with Crippen molar-refractivity contribution in [2.45, 2.75) is 18.6 Å². The number of carboxylic acid groups (broad SMARTS) is 1. The molecule has 0 aliphatic carbocycles. The number of nitrogens with one attached hydrogen (secondary N) is 3. The van der Waals surface area contributed by atoms with Crippen LogP contribution < -0.4 is 21.3 Å². The Morgan fingerprint density at radius 2 is 1.85 bits per heavy atom. The fourth-order valence-corrected chi connectivity index (χ4v) is 4.50. The predicted octanol–water partition coefficient (Wildman–Crippen LogP) is 0.578. The Morgan fingerprint density at radius 3 is 2.50 bits per heavy atom. The molecule has 2 atom stereocenters. The van der Waals surface area contributed by atoms with Crippen molar-refractivity contribution in [1.29, 1.82) is 5.41 Å². The van der Waals surface area contributed by atoms with Crippen molar-refractivity contribution >= 4 is 63.6 Å². The van der Waals surface area contributed by atoms with Crippen LogP contribution in [0.5, 0.6) is 0 Å². The first kappa shape index (κ1) is 27.8. The van der Waals surface area contributed by atoms with Crippen molar-refractivity contribution in [3.05, 3.63) is 76.8 Å². The van der Waals surface area contributed by atoms with Crippen LogP contribution in [0.2, 0.25) is 0 Å². The van der Waals surface area contributed by atoms with Gasteiger partial charge in [0.15, 0.2) is 5.13 Å². The first-order valence-corrected chi connectivity index (χ1v) is 12.7. The van der Waals surface area contributed by atoms with E-state index in [2.05, 4.69) is 20.6 Å². The molecule has 40 heavy (non-hydrogen) atoms. The van der Waals surface area contributed by atoms with Crippen molar-refractivity contribution in [3.63, 3.8) is 0 Å². The molecular formula is C26H23N7O6S. The van der Waals surface area contributed by atoms with E-state index in [0.717, 1.165) is 16.2 Å². The van der Waals surface area contributed by atoms with E-state index in [-0.39, 0.29) is 10.8 Å². The van der Waals surface area contributed by atoms with Crippen LogP contribution in [0.1, 0.15) is 23.2 Å². The zero-order valence-electron chi connectivity index (χ0n) is 20.7. The van der Waals surface area contributed by atoms with Gasteiger partial charge in [-0.05, 0) is 6.07 Å². The Morgan fingerprint density at radius 1 is 1.15 bits per heavy atom. The number of aliphatic imine (C=N–C) groups is 1. The molecule has 0 radical (unpaired) electrons. The Kier molecular flexibility index (Phi) is 8.39. The molecule has 0 spiro atoms. The van der Waals surface area contributed by atoms with Crippen molar-refractivity contribution in [3.8, 4) is 0 Å². The highest BCUT2D eigenvalue weighted by atomic mass is 32.1. The van der Waals surface area contributed by atoms with Gasteiger partial charge in [-0.1, -0.05) is 48.5 Å². The summed E-state index contributed by atoms with van der Waals surface area (Å²) >= 11 is 1.04. The summed E-state index contributed by atoms with van der Waals surface area (Å²) in [5, 5.41) is 23.5.